The number of aryl methyl sites for hydroxylation is 2. The molecule has 1 saturated heterocycles. The van der Waals surface area contributed by atoms with Crippen molar-refractivity contribution in [3.63, 3.8) is 0 Å². The number of nitrogens with two attached hydrogens (primary N) is 1. The van der Waals surface area contributed by atoms with E-state index in [1.54, 1.807) is 0 Å². The highest BCUT2D eigenvalue weighted by atomic mass is 35.5. The fourth-order valence-corrected chi connectivity index (χ4v) is 3.18. The average Bonchev–Trinajstić information content (AvgIpc) is 2.69. The first-order valence-corrected chi connectivity index (χ1v) is 7.68. The Morgan fingerprint density at radius 2 is 2.16 bits per heavy atom. The van der Waals surface area contributed by atoms with Crippen molar-refractivity contribution < 1.29 is 0 Å². The zero-order chi connectivity index (χ0) is 14.0. The first-order chi connectivity index (χ1) is 9.06. The Bertz CT molecular complexity index is 429. The van der Waals surface area contributed by atoms with Gasteiger partial charge in [0.25, 0.3) is 0 Å². The molecule has 0 spiro atoms. The Morgan fingerprint density at radius 1 is 1.42 bits per heavy atom. The van der Waals surface area contributed by atoms with Gasteiger partial charge in [-0.05, 0) is 33.1 Å². The molecule has 1 fully saturated rings. The highest BCUT2D eigenvalue weighted by molar-refractivity contribution is 6.31. The molecule has 108 valence electrons. The quantitative estimate of drug-likeness (QED) is 0.924. The molecule has 2 N–H and O–H groups in total. The van der Waals surface area contributed by atoms with Gasteiger partial charge in [0.05, 0.1) is 16.4 Å². The lowest BCUT2D eigenvalue weighted by Gasteiger charge is -2.36. The molecule has 0 saturated carbocycles. The van der Waals surface area contributed by atoms with E-state index in [0.717, 1.165) is 55.3 Å². The minimum atomic E-state index is 0.351. The van der Waals surface area contributed by atoms with E-state index in [1.807, 2.05) is 4.68 Å². The molecule has 0 amide bonds. The van der Waals surface area contributed by atoms with Gasteiger partial charge in [0.15, 0.2) is 0 Å². The first-order valence-electron chi connectivity index (χ1n) is 7.30. The van der Waals surface area contributed by atoms with Crippen LogP contribution in [0.25, 0.3) is 0 Å². The monoisotopic (exact) mass is 284 g/mol. The molecule has 2 rings (SSSR count). The molecular formula is C14H25ClN4. The van der Waals surface area contributed by atoms with E-state index < -0.39 is 0 Å². The summed E-state index contributed by atoms with van der Waals surface area (Å²) < 4.78 is 2.04. The average molecular weight is 285 g/mol. The molecule has 1 aromatic heterocycles. The van der Waals surface area contributed by atoms with Gasteiger partial charge in [0.1, 0.15) is 0 Å². The van der Waals surface area contributed by atoms with Gasteiger partial charge in [-0.2, -0.15) is 5.10 Å². The van der Waals surface area contributed by atoms with E-state index in [2.05, 4.69) is 30.8 Å². The number of rotatable bonds is 4. The van der Waals surface area contributed by atoms with Crippen molar-refractivity contribution in [2.24, 2.45) is 5.73 Å². The molecule has 0 radical (unpaired) electrons. The highest BCUT2D eigenvalue weighted by Crippen LogP contribution is 2.26. The number of hydrogen-bond acceptors (Lipinski definition) is 3. The summed E-state index contributed by atoms with van der Waals surface area (Å²) in [5.74, 6) is 0. The molecule has 0 aliphatic carbocycles. The summed E-state index contributed by atoms with van der Waals surface area (Å²) >= 11 is 6.47. The normalized spacial score (nSPS) is 24.9. The summed E-state index contributed by atoms with van der Waals surface area (Å²) in [5, 5.41) is 5.44. The van der Waals surface area contributed by atoms with E-state index >= 15 is 0 Å². The summed E-state index contributed by atoms with van der Waals surface area (Å²) in [7, 11) is 0. The first kappa shape index (κ1) is 14.8. The van der Waals surface area contributed by atoms with Gasteiger partial charge in [0.2, 0.25) is 0 Å². The molecule has 5 heteroatoms. The second-order valence-electron chi connectivity index (χ2n) is 5.48. The fraction of sp³-hybridized carbons (Fsp3) is 0.786. The van der Waals surface area contributed by atoms with E-state index in [1.165, 1.54) is 0 Å². The molecule has 4 nitrogen and oxygen atoms in total. The minimum Gasteiger partial charge on any atom is -0.328 e. The third kappa shape index (κ3) is 3.12. The number of nitrogens with zero attached hydrogens (tertiary/aromatic N) is 3. The Balaban J connectivity index is 2.16. The van der Waals surface area contributed by atoms with Crippen LogP contribution < -0.4 is 5.73 Å². The van der Waals surface area contributed by atoms with Crippen molar-refractivity contribution in [2.75, 3.05) is 6.54 Å². The van der Waals surface area contributed by atoms with Gasteiger partial charge >= 0.3 is 0 Å². The van der Waals surface area contributed by atoms with E-state index in [9.17, 15) is 0 Å². The Kier molecular flexibility index (Phi) is 4.87. The van der Waals surface area contributed by atoms with Crippen molar-refractivity contribution in [3.8, 4) is 0 Å². The van der Waals surface area contributed by atoms with Crippen LogP contribution in [0.4, 0.5) is 0 Å². The van der Waals surface area contributed by atoms with Crippen LogP contribution in [0.3, 0.4) is 0 Å². The Labute approximate surface area is 120 Å². The topological polar surface area (TPSA) is 47.1 Å². The molecular weight excluding hydrogens is 260 g/mol. The third-order valence-electron chi connectivity index (χ3n) is 4.10. The van der Waals surface area contributed by atoms with Crippen molar-refractivity contribution in [1.29, 1.82) is 0 Å². The van der Waals surface area contributed by atoms with Crippen LogP contribution in [-0.4, -0.2) is 33.3 Å². The van der Waals surface area contributed by atoms with Gasteiger partial charge < -0.3 is 5.73 Å². The maximum atomic E-state index is 6.47. The van der Waals surface area contributed by atoms with Gasteiger partial charge in [-0.1, -0.05) is 18.5 Å². The Hall–Kier alpha value is -0.580. The lowest BCUT2D eigenvalue weighted by Crippen LogP contribution is -2.45. The summed E-state index contributed by atoms with van der Waals surface area (Å²) in [5.41, 5.74) is 8.19. The number of piperidine rings is 1. The van der Waals surface area contributed by atoms with Gasteiger partial charge in [-0.25, -0.2) is 0 Å². The fourth-order valence-electron chi connectivity index (χ4n) is 2.85. The van der Waals surface area contributed by atoms with E-state index in [4.69, 9.17) is 17.3 Å². The predicted octanol–water partition coefficient (Wildman–Crippen LogP) is 2.43. The minimum absolute atomic E-state index is 0.351. The zero-order valence-corrected chi connectivity index (χ0v) is 13.0. The third-order valence-corrected chi connectivity index (χ3v) is 4.54. The van der Waals surface area contributed by atoms with Crippen molar-refractivity contribution in [2.45, 2.75) is 65.2 Å². The lowest BCUT2D eigenvalue weighted by molar-refractivity contribution is 0.136. The van der Waals surface area contributed by atoms with Gasteiger partial charge in [-0.15, -0.1) is 0 Å². The van der Waals surface area contributed by atoms with Crippen LogP contribution in [0.1, 0.15) is 45.0 Å². The van der Waals surface area contributed by atoms with Crippen molar-refractivity contribution in [1.82, 2.24) is 14.7 Å². The molecule has 0 bridgehead atoms. The number of halogens is 1. The largest absolute Gasteiger partial charge is 0.328 e. The second-order valence-corrected chi connectivity index (χ2v) is 5.86. The van der Waals surface area contributed by atoms with Crippen LogP contribution in [0.2, 0.25) is 5.02 Å². The number of hydrogen-bond donors (Lipinski definition) is 1. The standard InChI is InChI=1S/C14H25ClN4/c1-4-12-14(15)13(19(5-2)17-12)9-18-7-6-11(16)8-10(18)3/h10-11H,4-9,16H2,1-3H3. The molecule has 1 aromatic rings. The smallest absolute Gasteiger partial charge is 0.0863 e. The van der Waals surface area contributed by atoms with Gasteiger partial charge in [-0.3, -0.25) is 9.58 Å². The molecule has 2 unspecified atom stereocenters. The predicted molar refractivity (Wildman–Crippen MR) is 79.4 cm³/mol. The summed E-state index contributed by atoms with van der Waals surface area (Å²) in [6.45, 7) is 9.27. The Morgan fingerprint density at radius 3 is 2.74 bits per heavy atom. The van der Waals surface area contributed by atoms with E-state index in [-0.39, 0.29) is 0 Å². The van der Waals surface area contributed by atoms with Gasteiger partial charge in [0, 0.05) is 31.7 Å². The zero-order valence-electron chi connectivity index (χ0n) is 12.2. The molecule has 1 aliphatic heterocycles. The van der Waals surface area contributed by atoms with Crippen LogP contribution in [0.15, 0.2) is 0 Å². The molecule has 19 heavy (non-hydrogen) atoms. The maximum absolute atomic E-state index is 6.47. The molecule has 0 aromatic carbocycles. The molecule has 2 atom stereocenters. The second kappa shape index (κ2) is 6.25. The number of likely N-dealkylation sites (tertiary alicyclic amines) is 1. The summed E-state index contributed by atoms with van der Waals surface area (Å²) in [4.78, 5) is 2.47. The summed E-state index contributed by atoms with van der Waals surface area (Å²) in [6, 6.07) is 0.870. The SMILES string of the molecule is CCc1nn(CC)c(CN2CCC(N)CC2C)c1Cl. The maximum Gasteiger partial charge on any atom is 0.0863 e. The van der Waals surface area contributed by atoms with Crippen molar-refractivity contribution >= 4 is 11.6 Å². The molecule has 1 aliphatic rings. The summed E-state index contributed by atoms with van der Waals surface area (Å²) in [6.07, 6.45) is 3.03. The van der Waals surface area contributed by atoms with Crippen LogP contribution in [0.5, 0.6) is 0 Å². The lowest BCUT2D eigenvalue weighted by atomic mass is 9.99. The van der Waals surface area contributed by atoms with Crippen LogP contribution in [-0.2, 0) is 19.5 Å². The highest BCUT2D eigenvalue weighted by Gasteiger charge is 2.25. The van der Waals surface area contributed by atoms with Crippen molar-refractivity contribution in [3.05, 3.63) is 16.4 Å². The number of aromatic nitrogens is 2. The van der Waals surface area contributed by atoms with Crippen LogP contribution in [0, 0.1) is 0 Å². The van der Waals surface area contributed by atoms with Crippen LogP contribution >= 0.6 is 11.6 Å². The van der Waals surface area contributed by atoms with E-state index in [0.29, 0.717) is 12.1 Å². The molecule has 2 heterocycles.